The van der Waals surface area contributed by atoms with Gasteiger partial charge in [-0.05, 0) is 38.4 Å². The number of hydrogen-bond donors (Lipinski definition) is 1. The summed E-state index contributed by atoms with van der Waals surface area (Å²) in [4.78, 5) is 38.8. The highest BCUT2D eigenvalue weighted by atomic mass is 16.5. The summed E-state index contributed by atoms with van der Waals surface area (Å²) < 4.78 is 5.31. The number of fused-ring (bicyclic) bond motifs is 2. The van der Waals surface area contributed by atoms with E-state index in [1.165, 1.54) is 11.2 Å². The van der Waals surface area contributed by atoms with Gasteiger partial charge in [-0.1, -0.05) is 18.2 Å². The van der Waals surface area contributed by atoms with E-state index in [9.17, 15) is 9.59 Å². The van der Waals surface area contributed by atoms with Crippen LogP contribution in [0.25, 0.3) is 21.7 Å². The second-order valence-corrected chi connectivity index (χ2v) is 8.19. The van der Waals surface area contributed by atoms with Gasteiger partial charge in [-0.15, -0.1) is 0 Å². The molecule has 1 N–H and O–H groups in total. The lowest BCUT2D eigenvalue weighted by molar-refractivity contribution is 0.0601. The van der Waals surface area contributed by atoms with Crippen molar-refractivity contribution in [1.82, 2.24) is 19.8 Å². The Morgan fingerprint density at radius 2 is 1.76 bits per heavy atom. The molecule has 5 rings (SSSR count). The predicted octanol–water partition coefficient (Wildman–Crippen LogP) is 3.69. The van der Waals surface area contributed by atoms with Crippen molar-refractivity contribution in [3.8, 4) is 5.75 Å². The fourth-order valence-electron chi connectivity index (χ4n) is 4.17. The molecule has 1 aliphatic heterocycles. The summed E-state index contributed by atoms with van der Waals surface area (Å²) in [6, 6.07) is 14.8. The number of hydrogen-bond acceptors (Lipinski definition) is 7. The molecule has 1 aliphatic rings. The predicted molar refractivity (Wildman–Crippen MR) is 127 cm³/mol. The number of carbonyl (C=O) groups excluding carboxylic acids is 2. The van der Waals surface area contributed by atoms with Gasteiger partial charge in [0.25, 0.3) is 11.8 Å². The molecule has 0 spiro atoms. The van der Waals surface area contributed by atoms with Gasteiger partial charge in [0, 0.05) is 52.1 Å². The van der Waals surface area contributed by atoms with Crippen molar-refractivity contribution in [2.75, 3.05) is 39.6 Å². The van der Waals surface area contributed by atoms with Gasteiger partial charge >= 0.3 is 0 Å². The number of rotatable bonds is 6. The third-order valence-corrected chi connectivity index (χ3v) is 5.82. The van der Waals surface area contributed by atoms with Crippen molar-refractivity contribution in [3.63, 3.8) is 0 Å². The molecule has 2 heterocycles. The van der Waals surface area contributed by atoms with Crippen LogP contribution in [0.15, 0.2) is 54.9 Å². The summed E-state index contributed by atoms with van der Waals surface area (Å²) in [6.45, 7) is 0.904. The zero-order chi connectivity index (χ0) is 23.1. The fraction of sp³-hybridized carbons (Fsp3) is 0.200. The normalized spacial score (nSPS) is 13.3. The van der Waals surface area contributed by atoms with Crippen LogP contribution in [0.4, 0.5) is 11.5 Å². The van der Waals surface area contributed by atoms with E-state index in [1.54, 1.807) is 19.2 Å². The SMILES string of the molecule is COc1cccc(Nc2ncnc3c2cc2c4c(cccc43)C(=O)N(CCN(C)C)C2=O)c1. The molecule has 0 saturated heterocycles. The Morgan fingerprint density at radius 1 is 0.970 bits per heavy atom. The van der Waals surface area contributed by atoms with Gasteiger partial charge in [-0.2, -0.15) is 0 Å². The number of imide groups is 1. The Hall–Kier alpha value is -4.04. The average molecular weight is 441 g/mol. The van der Waals surface area contributed by atoms with Crippen LogP contribution >= 0.6 is 0 Å². The zero-order valence-corrected chi connectivity index (χ0v) is 18.6. The molecule has 0 radical (unpaired) electrons. The van der Waals surface area contributed by atoms with Crippen molar-refractivity contribution in [1.29, 1.82) is 0 Å². The Morgan fingerprint density at radius 3 is 2.55 bits per heavy atom. The Kier molecular flexibility index (Phi) is 5.14. The molecule has 0 saturated carbocycles. The Balaban J connectivity index is 1.69. The van der Waals surface area contributed by atoms with Gasteiger partial charge in [0.05, 0.1) is 12.6 Å². The minimum atomic E-state index is -0.302. The minimum Gasteiger partial charge on any atom is -0.497 e. The first-order valence-electron chi connectivity index (χ1n) is 10.6. The number of amides is 2. The Labute approximate surface area is 190 Å². The van der Waals surface area contributed by atoms with E-state index in [2.05, 4.69) is 15.3 Å². The highest BCUT2D eigenvalue weighted by Gasteiger charge is 2.33. The van der Waals surface area contributed by atoms with Crippen molar-refractivity contribution >= 4 is 45.0 Å². The smallest absolute Gasteiger partial charge is 0.261 e. The van der Waals surface area contributed by atoms with E-state index in [0.29, 0.717) is 52.1 Å². The third-order valence-electron chi connectivity index (χ3n) is 5.82. The second kappa shape index (κ2) is 8.14. The van der Waals surface area contributed by atoms with E-state index in [0.717, 1.165) is 11.1 Å². The van der Waals surface area contributed by atoms with Crippen LogP contribution in [0, 0.1) is 0 Å². The maximum atomic E-state index is 13.4. The van der Waals surface area contributed by atoms with Crippen LogP contribution < -0.4 is 10.1 Å². The molecule has 0 atom stereocenters. The van der Waals surface area contributed by atoms with Crippen molar-refractivity contribution < 1.29 is 14.3 Å². The number of methoxy groups -OCH3 is 1. The molecule has 1 aromatic heterocycles. The van der Waals surface area contributed by atoms with Gasteiger partial charge in [0.2, 0.25) is 0 Å². The molecule has 4 aromatic rings. The lowest BCUT2D eigenvalue weighted by Gasteiger charge is -2.28. The molecule has 0 fully saturated rings. The highest BCUT2D eigenvalue weighted by Crippen LogP contribution is 2.37. The molecule has 0 unspecified atom stereocenters. The number of anilines is 2. The number of nitrogens with one attached hydrogen (secondary N) is 1. The summed E-state index contributed by atoms with van der Waals surface area (Å²) in [6.07, 6.45) is 1.48. The van der Waals surface area contributed by atoms with Crippen molar-refractivity contribution in [2.45, 2.75) is 0 Å². The Bertz CT molecular complexity index is 1420. The summed E-state index contributed by atoms with van der Waals surface area (Å²) in [7, 11) is 5.44. The third kappa shape index (κ3) is 3.54. The summed E-state index contributed by atoms with van der Waals surface area (Å²) in [5.74, 6) is 0.710. The molecule has 3 aromatic carbocycles. The molecular weight excluding hydrogens is 418 g/mol. The van der Waals surface area contributed by atoms with Crippen molar-refractivity contribution in [2.24, 2.45) is 0 Å². The minimum absolute atomic E-state index is 0.275. The number of ether oxygens (including phenoxy) is 1. The quantitative estimate of drug-likeness (QED) is 0.361. The number of benzene rings is 3. The zero-order valence-electron chi connectivity index (χ0n) is 18.6. The van der Waals surface area contributed by atoms with Gasteiger partial charge in [0.15, 0.2) is 0 Å². The molecule has 33 heavy (non-hydrogen) atoms. The first kappa shape index (κ1) is 20.8. The topological polar surface area (TPSA) is 87.7 Å². The monoisotopic (exact) mass is 441 g/mol. The summed E-state index contributed by atoms with van der Waals surface area (Å²) in [5.41, 5.74) is 2.47. The van der Waals surface area contributed by atoms with E-state index in [4.69, 9.17) is 4.74 Å². The maximum Gasteiger partial charge on any atom is 0.261 e. The standard InChI is InChI=1S/C25H23N5O3/c1-29(2)10-11-30-24(31)18-9-5-8-17-21(18)19(25(30)32)13-20-22(17)26-14-27-23(20)28-15-6-4-7-16(12-15)33-3/h4-9,12-14H,10-11H2,1-3H3,(H,26,27,28). The van der Waals surface area contributed by atoms with Crippen LogP contribution in [0.1, 0.15) is 20.7 Å². The number of likely N-dealkylation sites (N-methyl/N-ethyl adjacent to an activating group) is 1. The van der Waals surface area contributed by atoms with E-state index in [1.807, 2.05) is 55.4 Å². The number of carbonyl (C=O) groups is 2. The number of nitrogens with zero attached hydrogens (tertiary/aromatic N) is 4. The van der Waals surface area contributed by atoms with E-state index < -0.39 is 0 Å². The molecule has 8 heteroatoms. The molecule has 8 nitrogen and oxygen atoms in total. The molecule has 0 aliphatic carbocycles. The average Bonchev–Trinajstić information content (AvgIpc) is 2.82. The van der Waals surface area contributed by atoms with Gasteiger partial charge in [-0.25, -0.2) is 9.97 Å². The molecule has 166 valence electrons. The molecular formula is C25H23N5O3. The number of aromatic nitrogens is 2. The van der Waals surface area contributed by atoms with Crippen LogP contribution in [0.3, 0.4) is 0 Å². The van der Waals surface area contributed by atoms with Crippen LogP contribution in [-0.2, 0) is 0 Å². The van der Waals surface area contributed by atoms with Crippen LogP contribution in [-0.4, -0.2) is 65.9 Å². The van der Waals surface area contributed by atoms with Crippen LogP contribution in [0.2, 0.25) is 0 Å². The van der Waals surface area contributed by atoms with Gasteiger partial charge in [0.1, 0.15) is 17.9 Å². The van der Waals surface area contributed by atoms with Crippen molar-refractivity contribution in [3.05, 3.63) is 66.0 Å². The lowest BCUT2D eigenvalue weighted by atomic mass is 9.92. The first-order valence-corrected chi connectivity index (χ1v) is 10.6. The molecule has 0 bridgehead atoms. The van der Waals surface area contributed by atoms with E-state index >= 15 is 0 Å². The molecule has 2 amide bonds. The largest absolute Gasteiger partial charge is 0.497 e. The second-order valence-electron chi connectivity index (χ2n) is 8.19. The van der Waals surface area contributed by atoms with Gasteiger partial charge < -0.3 is 15.0 Å². The van der Waals surface area contributed by atoms with E-state index in [-0.39, 0.29) is 11.8 Å². The summed E-state index contributed by atoms with van der Waals surface area (Å²) in [5, 5.41) is 5.42. The first-order chi connectivity index (χ1) is 16.0. The highest BCUT2D eigenvalue weighted by molar-refractivity contribution is 6.29. The summed E-state index contributed by atoms with van der Waals surface area (Å²) >= 11 is 0. The maximum absolute atomic E-state index is 13.4. The van der Waals surface area contributed by atoms with Gasteiger partial charge in [-0.3, -0.25) is 14.5 Å². The fourth-order valence-corrected chi connectivity index (χ4v) is 4.17. The van der Waals surface area contributed by atoms with Crippen LogP contribution in [0.5, 0.6) is 5.75 Å². The lowest BCUT2D eigenvalue weighted by Crippen LogP contribution is -2.43.